The van der Waals surface area contributed by atoms with Crippen molar-refractivity contribution in [3.63, 3.8) is 0 Å². The molecular formula is C24H28FN3O. The largest absolute Gasteiger partial charge is 0.494 e. The van der Waals surface area contributed by atoms with Gasteiger partial charge in [0.05, 0.1) is 12.1 Å². The van der Waals surface area contributed by atoms with Crippen LogP contribution >= 0.6 is 0 Å². The minimum absolute atomic E-state index is 0.217. The number of nitrogens with one attached hydrogen (secondary N) is 1. The Labute approximate surface area is 171 Å². The highest BCUT2D eigenvalue weighted by Crippen LogP contribution is 2.28. The van der Waals surface area contributed by atoms with E-state index >= 15 is 0 Å². The number of benzene rings is 2. The number of aryl methyl sites for hydroxylation is 1. The summed E-state index contributed by atoms with van der Waals surface area (Å²) in [6.07, 6.45) is 3.69. The lowest BCUT2D eigenvalue weighted by molar-refractivity contribution is 0.263. The Balaban J connectivity index is 1.43. The summed E-state index contributed by atoms with van der Waals surface area (Å²) >= 11 is 0. The third-order valence-corrected chi connectivity index (χ3v) is 5.39. The van der Waals surface area contributed by atoms with E-state index in [1.807, 2.05) is 25.1 Å². The molecule has 3 aromatic rings. The Morgan fingerprint density at radius 1 is 1.07 bits per heavy atom. The number of anilines is 1. The number of hydrogen-bond acceptors (Lipinski definition) is 4. The summed E-state index contributed by atoms with van der Waals surface area (Å²) in [6.45, 7) is 6.90. The second-order valence-electron chi connectivity index (χ2n) is 7.72. The molecule has 0 spiro atoms. The molecule has 0 aliphatic carbocycles. The third kappa shape index (κ3) is 5.24. The molecule has 0 saturated carbocycles. The molecule has 152 valence electrons. The number of halogens is 1. The van der Waals surface area contributed by atoms with Gasteiger partial charge in [-0.3, -0.25) is 4.98 Å². The molecule has 0 bridgehead atoms. The average molecular weight is 394 g/mol. The van der Waals surface area contributed by atoms with Gasteiger partial charge in [0.15, 0.2) is 0 Å². The SMILES string of the molecule is Cc1cc(NCc2ccc(F)cc2)c2cc(OCCCN3CCCC3)ccc2n1. The minimum atomic E-state index is -0.217. The first-order chi connectivity index (χ1) is 14.2. The number of aromatic nitrogens is 1. The van der Waals surface area contributed by atoms with Gasteiger partial charge < -0.3 is 15.0 Å². The first-order valence-corrected chi connectivity index (χ1v) is 10.4. The van der Waals surface area contributed by atoms with E-state index < -0.39 is 0 Å². The van der Waals surface area contributed by atoms with Gasteiger partial charge in [0.2, 0.25) is 0 Å². The third-order valence-electron chi connectivity index (χ3n) is 5.39. The fourth-order valence-electron chi connectivity index (χ4n) is 3.86. The molecule has 2 heterocycles. The Bertz CT molecular complexity index is 952. The molecule has 2 aromatic carbocycles. The number of likely N-dealkylation sites (tertiary alicyclic amines) is 1. The second-order valence-corrected chi connectivity index (χ2v) is 7.72. The first-order valence-electron chi connectivity index (χ1n) is 10.4. The summed E-state index contributed by atoms with van der Waals surface area (Å²) in [4.78, 5) is 7.15. The van der Waals surface area contributed by atoms with Crippen molar-refractivity contribution in [1.82, 2.24) is 9.88 Å². The minimum Gasteiger partial charge on any atom is -0.494 e. The molecule has 0 amide bonds. The summed E-state index contributed by atoms with van der Waals surface area (Å²) < 4.78 is 19.1. The van der Waals surface area contributed by atoms with Gasteiger partial charge in [0.1, 0.15) is 11.6 Å². The van der Waals surface area contributed by atoms with Crippen molar-refractivity contribution in [1.29, 1.82) is 0 Å². The maximum Gasteiger partial charge on any atom is 0.123 e. The van der Waals surface area contributed by atoms with Crippen molar-refractivity contribution >= 4 is 16.6 Å². The number of ether oxygens (including phenoxy) is 1. The van der Waals surface area contributed by atoms with Crippen LogP contribution in [-0.4, -0.2) is 36.1 Å². The molecular weight excluding hydrogens is 365 g/mol. The van der Waals surface area contributed by atoms with E-state index in [1.165, 1.54) is 38.1 Å². The highest BCUT2D eigenvalue weighted by molar-refractivity contribution is 5.92. The van der Waals surface area contributed by atoms with Crippen LogP contribution in [0, 0.1) is 12.7 Å². The van der Waals surface area contributed by atoms with E-state index in [-0.39, 0.29) is 5.82 Å². The standard InChI is InChI=1S/C24H28FN3O/c1-18-15-24(26-17-19-5-7-20(25)8-6-19)22-16-21(9-10-23(22)27-18)29-14-4-13-28-11-2-3-12-28/h5-10,15-16H,2-4,11-14,17H2,1H3,(H,26,27). The normalized spacial score (nSPS) is 14.4. The molecule has 1 fully saturated rings. The topological polar surface area (TPSA) is 37.4 Å². The molecule has 1 aliphatic rings. The van der Waals surface area contributed by atoms with E-state index in [1.54, 1.807) is 12.1 Å². The first kappa shape index (κ1) is 19.6. The second kappa shape index (κ2) is 9.23. The van der Waals surface area contributed by atoms with Gasteiger partial charge in [-0.05, 0) is 81.2 Å². The van der Waals surface area contributed by atoms with Crippen LogP contribution < -0.4 is 10.1 Å². The van der Waals surface area contributed by atoms with Gasteiger partial charge in [0, 0.05) is 29.9 Å². The zero-order valence-corrected chi connectivity index (χ0v) is 17.0. The van der Waals surface area contributed by atoms with Crippen LogP contribution in [0.3, 0.4) is 0 Å². The van der Waals surface area contributed by atoms with Gasteiger partial charge in [-0.25, -0.2) is 4.39 Å². The van der Waals surface area contributed by atoms with E-state index in [0.29, 0.717) is 6.54 Å². The highest BCUT2D eigenvalue weighted by Gasteiger charge is 2.11. The lowest BCUT2D eigenvalue weighted by Crippen LogP contribution is -2.21. The molecule has 0 radical (unpaired) electrons. The quantitative estimate of drug-likeness (QED) is 0.537. The van der Waals surface area contributed by atoms with Crippen molar-refractivity contribution in [3.8, 4) is 5.75 Å². The van der Waals surface area contributed by atoms with Gasteiger partial charge in [-0.2, -0.15) is 0 Å². The Morgan fingerprint density at radius 2 is 1.86 bits per heavy atom. The molecule has 1 saturated heterocycles. The molecule has 4 nitrogen and oxygen atoms in total. The van der Waals surface area contributed by atoms with Crippen molar-refractivity contribution in [3.05, 3.63) is 65.6 Å². The van der Waals surface area contributed by atoms with E-state index in [4.69, 9.17) is 4.74 Å². The fraction of sp³-hybridized carbons (Fsp3) is 0.375. The summed E-state index contributed by atoms with van der Waals surface area (Å²) in [6, 6.07) is 14.7. The molecule has 1 aliphatic heterocycles. The maximum absolute atomic E-state index is 13.1. The molecule has 0 unspecified atom stereocenters. The summed E-state index contributed by atoms with van der Waals surface area (Å²) in [5.41, 5.74) is 3.94. The monoisotopic (exact) mass is 393 g/mol. The molecule has 4 rings (SSSR count). The summed E-state index contributed by atoms with van der Waals surface area (Å²) in [5, 5.41) is 4.51. The molecule has 1 N–H and O–H groups in total. The van der Waals surface area contributed by atoms with Gasteiger partial charge >= 0.3 is 0 Å². The van der Waals surface area contributed by atoms with Gasteiger partial charge in [0.25, 0.3) is 0 Å². The van der Waals surface area contributed by atoms with Crippen LogP contribution in [0.1, 0.15) is 30.5 Å². The Hall–Kier alpha value is -2.66. The molecule has 0 atom stereocenters. The Kier molecular flexibility index (Phi) is 6.25. The van der Waals surface area contributed by atoms with Crippen LogP contribution in [0.15, 0.2) is 48.5 Å². The lowest BCUT2D eigenvalue weighted by Gasteiger charge is -2.15. The highest BCUT2D eigenvalue weighted by atomic mass is 19.1. The van der Waals surface area contributed by atoms with Crippen molar-refractivity contribution in [2.24, 2.45) is 0 Å². The lowest BCUT2D eigenvalue weighted by atomic mass is 10.1. The van der Waals surface area contributed by atoms with Crippen LogP contribution in [0.2, 0.25) is 0 Å². The molecule has 1 aromatic heterocycles. The van der Waals surface area contributed by atoms with Crippen molar-refractivity contribution in [2.45, 2.75) is 32.7 Å². The maximum atomic E-state index is 13.1. The van der Waals surface area contributed by atoms with E-state index in [0.717, 1.165) is 53.2 Å². The van der Waals surface area contributed by atoms with Crippen LogP contribution in [0.4, 0.5) is 10.1 Å². The number of rotatable bonds is 8. The fourth-order valence-corrected chi connectivity index (χ4v) is 3.86. The van der Waals surface area contributed by atoms with E-state index in [2.05, 4.69) is 21.3 Å². The zero-order chi connectivity index (χ0) is 20.1. The smallest absolute Gasteiger partial charge is 0.123 e. The van der Waals surface area contributed by atoms with Crippen LogP contribution in [-0.2, 0) is 6.54 Å². The van der Waals surface area contributed by atoms with Crippen LogP contribution in [0.25, 0.3) is 10.9 Å². The molecule has 5 heteroatoms. The van der Waals surface area contributed by atoms with Gasteiger partial charge in [-0.1, -0.05) is 12.1 Å². The van der Waals surface area contributed by atoms with Crippen molar-refractivity contribution < 1.29 is 9.13 Å². The van der Waals surface area contributed by atoms with E-state index in [9.17, 15) is 4.39 Å². The number of fused-ring (bicyclic) bond motifs is 1. The number of pyridine rings is 1. The predicted octanol–water partition coefficient (Wildman–Crippen LogP) is 5.16. The molecule has 29 heavy (non-hydrogen) atoms. The van der Waals surface area contributed by atoms with Crippen molar-refractivity contribution in [2.75, 3.05) is 31.6 Å². The zero-order valence-electron chi connectivity index (χ0n) is 17.0. The predicted molar refractivity (Wildman–Crippen MR) is 116 cm³/mol. The Morgan fingerprint density at radius 3 is 2.66 bits per heavy atom. The van der Waals surface area contributed by atoms with Crippen LogP contribution in [0.5, 0.6) is 5.75 Å². The van der Waals surface area contributed by atoms with Gasteiger partial charge in [-0.15, -0.1) is 0 Å². The number of hydrogen-bond donors (Lipinski definition) is 1. The summed E-state index contributed by atoms with van der Waals surface area (Å²) in [7, 11) is 0. The average Bonchev–Trinajstić information content (AvgIpc) is 3.24. The number of nitrogens with zero attached hydrogens (tertiary/aromatic N) is 2. The summed E-state index contributed by atoms with van der Waals surface area (Å²) in [5.74, 6) is 0.653.